The Morgan fingerprint density at radius 1 is 0.963 bits per heavy atom. The first-order valence-electron chi connectivity index (χ1n) is 7.91. The fraction of sp³-hybridized carbons (Fsp3) is 0.167. The average Bonchev–Trinajstić information content (AvgIpc) is 2.66. The molecule has 0 saturated carbocycles. The second-order valence-electron chi connectivity index (χ2n) is 5.39. The number of hydrazine groups is 1. The van der Waals surface area contributed by atoms with Crippen LogP contribution < -0.4 is 20.9 Å². The van der Waals surface area contributed by atoms with Gasteiger partial charge in [0.15, 0.2) is 17.7 Å². The third-order valence-corrected chi connectivity index (χ3v) is 3.36. The minimum Gasteiger partial charge on any atom is -0.478 e. The van der Waals surface area contributed by atoms with E-state index in [1.165, 1.54) is 43.3 Å². The van der Waals surface area contributed by atoms with Crippen molar-refractivity contribution in [2.24, 2.45) is 0 Å². The summed E-state index contributed by atoms with van der Waals surface area (Å²) >= 11 is 0. The molecule has 2 rings (SSSR count). The topological polar surface area (TPSA) is 96.5 Å². The molecule has 0 spiro atoms. The highest BCUT2D eigenvalue weighted by molar-refractivity contribution is 5.96. The lowest BCUT2D eigenvalue weighted by atomic mass is 10.2. The molecule has 2 aromatic carbocycles. The molecule has 0 aliphatic carbocycles. The van der Waals surface area contributed by atoms with Gasteiger partial charge in [-0.2, -0.15) is 0 Å². The smallest absolute Gasteiger partial charge is 0.279 e. The highest BCUT2D eigenvalue weighted by Gasteiger charge is 2.17. The number of carbonyl (C=O) groups is 3. The van der Waals surface area contributed by atoms with Crippen molar-refractivity contribution in [1.82, 2.24) is 16.2 Å². The van der Waals surface area contributed by atoms with Gasteiger partial charge in [-0.1, -0.05) is 24.3 Å². The molecule has 3 N–H and O–H groups in total. The van der Waals surface area contributed by atoms with Gasteiger partial charge in [-0.05, 0) is 31.2 Å². The van der Waals surface area contributed by atoms with E-state index in [0.29, 0.717) is 0 Å². The molecule has 3 amide bonds. The molecule has 27 heavy (non-hydrogen) atoms. The lowest BCUT2D eigenvalue weighted by Crippen LogP contribution is -2.50. The number of amides is 3. The van der Waals surface area contributed by atoms with Crippen LogP contribution in [0.25, 0.3) is 0 Å². The predicted octanol–water partition coefficient (Wildman–Crippen LogP) is 1.31. The summed E-state index contributed by atoms with van der Waals surface area (Å²) in [5, 5.41) is 2.22. The molecule has 0 aliphatic heterocycles. The number of ether oxygens (including phenoxy) is 1. The Bertz CT molecular complexity index is 845. The van der Waals surface area contributed by atoms with Crippen molar-refractivity contribution in [3.63, 3.8) is 0 Å². The van der Waals surface area contributed by atoms with Crippen molar-refractivity contribution >= 4 is 17.7 Å². The van der Waals surface area contributed by atoms with Crippen LogP contribution in [0.5, 0.6) is 5.75 Å². The van der Waals surface area contributed by atoms with Crippen molar-refractivity contribution < 1.29 is 27.9 Å². The SMILES string of the molecule is C[C@@H](Oc1ccccc1F)C(=O)NNC(=O)CNC(=O)c1ccccc1F. The van der Waals surface area contributed by atoms with Crippen LogP contribution in [0.3, 0.4) is 0 Å². The van der Waals surface area contributed by atoms with Crippen LogP contribution in [-0.4, -0.2) is 30.4 Å². The Balaban J connectivity index is 1.76. The summed E-state index contributed by atoms with van der Waals surface area (Å²) in [4.78, 5) is 35.3. The molecular weight excluding hydrogens is 360 g/mol. The zero-order valence-electron chi connectivity index (χ0n) is 14.3. The molecule has 9 heteroatoms. The summed E-state index contributed by atoms with van der Waals surface area (Å²) in [6, 6.07) is 10.9. The third-order valence-electron chi connectivity index (χ3n) is 3.36. The Morgan fingerprint density at radius 2 is 1.59 bits per heavy atom. The van der Waals surface area contributed by atoms with E-state index in [1.807, 2.05) is 0 Å². The van der Waals surface area contributed by atoms with Gasteiger partial charge in [-0.3, -0.25) is 25.2 Å². The molecule has 1 atom stereocenters. The summed E-state index contributed by atoms with van der Waals surface area (Å²) < 4.78 is 32.1. The molecule has 0 aromatic heterocycles. The first kappa shape index (κ1) is 19.8. The van der Waals surface area contributed by atoms with Gasteiger partial charge in [-0.25, -0.2) is 8.78 Å². The number of carbonyl (C=O) groups excluding carboxylic acids is 3. The van der Waals surface area contributed by atoms with E-state index in [2.05, 4.69) is 16.2 Å². The summed E-state index contributed by atoms with van der Waals surface area (Å²) in [6.45, 7) is 0.879. The van der Waals surface area contributed by atoms with Crippen LogP contribution in [-0.2, 0) is 9.59 Å². The molecule has 0 radical (unpaired) electrons. The molecule has 7 nitrogen and oxygen atoms in total. The fourth-order valence-corrected chi connectivity index (χ4v) is 1.96. The molecule has 142 valence electrons. The fourth-order valence-electron chi connectivity index (χ4n) is 1.96. The van der Waals surface area contributed by atoms with E-state index in [0.717, 1.165) is 6.07 Å². The van der Waals surface area contributed by atoms with Crippen LogP contribution in [0.1, 0.15) is 17.3 Å². The maximum absolute atomic E-state index is 13.5. The van der Waals surface area contributed by atoms with Gasteiger partial charge in [0, 0.05) is 0 Å². The quantitative estimate of drug-likeness (QED) is 0.662. The highest BCUT2D eigenvalue weighted by Crippen LogP contribution is 2.16. The summed E-state index contributed by atoms with van der Waals surface area (Å²) in [5.41, 5.74) is 3.94. The summed E-state index contributed by atoms with van der Waals surface area (Å²) in [7, 11) is 0. The molecule has 0 fully saturated rings. The number of nitrogens with one attached hydrogen (secondary N) is 3. The normalized spacial score (nSPS) is 11.2. The van der Waals surface area contributed by atoms with Crippen molar-refractivity contribution in [3.8, 4) is 5.75 Å². The highest BCUT2D eigenvalue weighted by atomic mass is 19.1. The molecule has 0 bridgehead atoms. The number of hydrogen-bond donors (Lipinski definition) is 3. The second kappa shape index (κ2) is 9.27. The average molecular weight is 377 g/mol. The van der Waals surface area contributed by atoms with E-state index in [1.54, 1.807) is 6.07 Å². The number of hydrogen-bond acceptors (Lipinski definition) is 4. The Hall–Kier alpha value is -3.49. The molecule has 0 heterocycles. The van der Waals surface area contributed by atoms with Gasteiger partial charge >= 0.3 is 0 Å². The minimum absolute atomic E-state index is 0.108. The molecule has 2 aromatic rings. The molecule has 0 unspecified atom stereocenters. The van der Waals surface area contributed by atoms with Crippen molar-refractivity contribution in [3.05, 3.63) is 65.7 Å². The lowest BCUT2D eigenvalue weighted by Gasteiger charge is -2.15. The Labute approximate surface area is 153 Å². The van der Waals surface area contributed by atoms with E-state index >= 15 is 0 Å². The van der Waals surface area contributed by atoms with E-state index < -0.39 is 42.0 Å². The van der Waals surface area contributed by atoms with Gasteiger partial charge in [0.2, 0.25) is 0 Å². The van der Waals surface area contributed by atoms with Gasteiger partial charge in [0.25, 0.3) is 17.7 Å². The van der Waals surface area contributed by atoms with Crippen LogP contribution in [0.2, 0.25) is 0 Å². The third kappa shape index (κ3) is 5.77. The van der Waals surface area contributed by atoms with Gasteiger partial charge in [0.05, 0.1) is 12.1 Å². The van der Waals surface area contributed by atoms with Crippen molar-refractivity contribution in [2.75, 3.05) is 6.54 Å². The Kier molecular flexibility index (Phi) is 6.81. The van der Waals surface area contributed by atoms with Crippen LogP contribution in [0.15, 0.2) is 48.5 Å². The summed E-state index contributed by atoms with van der Waals surface area (Å²) in [5.74, 6) is -3.70. The second-order valence-corrected chi connectivity index (χ2v) is 5.39. The van der Waals surface area contributed by atoms with Crippen molar-refractivity contribution in [1.29, 1.82) is 0 Å². The molecule has 0 saturated heterocycles. The van der Waals surface area contributed by atoms with E-state index in [-0.39, 0.29) is 11.3 Å². The number of benzene rings is 2. The van der Waals surface area contributed by atoms with Crippen molar-refractivity contribution in [2.45, 2.75) is 13.0 Å². The van der Waals surface area contributed by atoms with E-state index in [4.69, 9.17) is 4.74 Å². The maximum Gasteiger partial charge on any atom is 0.279 e. The first-order valence-corrected chi connectivity index (χ1v) is 7.91. The van der Waals surface area contributed by atoms with Gasteiger partial charge in [0.1, 0.15) is 5.82 Å². The monoisotopic (exact) mass is 377 g/mol. The van der Waals surface area contributed by atoms with Gasteiger partial charge < -0.3 is 10.1 Å². The number of para-hydroxylation sites is 1. The zero-order chi connectivity index (χ0) is 19.8. The molecule has 0 aliphatic rings. The maximum atomic E-state index is 13.5. The molecular formula is C18H17F2N3O4. The predicted molar refractivity (Wildman–Crippen MR) is 91.5 cm³/mol. The number of rotatable bonds is 6. The summed E-state index contributed by atoms with van der Waals surface area (Å²) in [6.07, 6.45) is -1.09. The lowest BCUT2D eigenvalue weighted by molar-refractivity contribution is -0.132. The number of halogens is 2. The van der Waals surface area contributed by atoms with Crippen LogP contribution in [0, 0.1) is 11.6 Å². The van der Waals surface area contributed by atoms with Crippen LogP contribution in [0.4, 0.5) is 8.78 Å². The van der Waals surface area contributed by atoms with Crippen LogP contribution >= 0.6 is 0 Å². The largest absolute Gasteiger partial charge is 0.478 e. The first-order chi connectivity index (χ1) is 12.9. The Morgan fingerprint density at radius 3 is 2.26 bits per heavy atom. The van der Waals surface area contributed by atoms with Gasteiger partial charge in [-0.15, -0.1) is 0 Å². The standard InChI is InChI=1S/C18H17F2N3O4/c1-11(27-15-9-5-4-8-14(15)20)17(25)23-22-16(24)10-21-18(26)12-6-2-3-7-13(12)19/h2-9,11H,10H2,1H3,(H,21,26)(H,22,24)(H,23,25)/t11-/m1/s1. The van der Waals surface area contributed by atoms with E-state index in [9.17, 15) is 23.2 Å². The minimum atomic E-state index is -1.09. The zero-order valence-corrected chi connectivity index (χ0v) is 14.3.